The van der Waals surface area contributed by atoms with Crippen molar-refractivity contribution in [3.05, 3.63) is 64.7 Å². The first-order valence-electron chi connectivity index (χ1n) is 7.42. The van der Waals surface area contributed by atoms with E-state index in [1.54, 1.807) is 25.1 Å². The van der Waals surface area contributed by atoms with Crippen molar-refractivity contribution >= 4 is 29.1 Å². The molecule has 0 spiro atoms. The van der Waals surface area contributed by atoms with Gasteiger partial charge in [0.1, 0.15) is 0 Å². The predicted octanol–water partition coefficient (Wildman–Crippen LogP) is 3.64. The Morgan fingerprint density at radius 2 is 1.78 bits per heavy atom. The molecule has 2 rings (SSSR count). The molecule has 0 aliphatic carbocycles. The van der Waals surface area contributed by atoms with E-state index in [9.17, 15) is 9.59 Å². The molecule has 0 bridgehead atoms. The predicted molar refractivity (Wildman–Crippen MR) is 92.4 cm³/mol. The Hall–Kier alpha value is -2.33. The van der Waals surface area contributed by atoms with Gasteiger partial charge in [-0.3, -0.25) is 9.59 Å². The Balaban J connectivity index is 2.08. The summed E-state index contributed by atoms with van der Waals surface area (Å²) in [6, 6.07) is 14.8. The van der Waals surface area contributed by atoms with Gasteiger partial charge in [0.05, 0.1) is 0 Å². The average molecular weight is 331 g/mol. The Labute approximate surface area is 141 Å². The van der Waals surface area contributed by atoms with Gasteiger partial charge < -0.3 is 10.2 Å². The van der Waals surface area contributed by atoms with Gasteiger partial charge in [0, 0.05) is 23.8 Å². The molecular weight excluding hydrogens is 312 g/mol. The molecule has 0 radical (unpaired) electrons. The lowest BCUT2D eigenvalue weighted by molar-refractivity contribution is -0.143. The maximum Gasteiger partial charge on any atom is 0.313 e. The molecular formula is C18H19ClN2O2. The monoisotopic (exact) mass is 330 g/mol. The summed E-state index contributed by atoms with van der Waals surface area (Å²) >= 11 is 6.03. The zero-order chi connectivity index (χ0) is 16.8. The van der Waals surface area contributed by atoms with Crippen LogP contribution in [0.2, 0.25) is 5.02 Å². The molecule has 0 aromatic heterocycles. The summed E-state index contributed by atoms with van der Waals surface area (Å²) in [4.78, 5) is 26.1. The van der Waals surface area contributed by atoms with Gasteiger partial charge in [-0.1, -0.05) is 48.0 Å². The van der Waals surface area contributed by atoms with Crippen LogP contribution < -0.4 is 5.32 Å². The summed E-state index contributed by atoms with van der Waals surface area (Å²) in [6.45, 7) is 4.50. The number of carbonyl (C=O) groups is 2. The van der Waals surface area contributed by atoms with E-state index >= 15 is 0 Å². The first-order valence-corrected chi connectivity index (χ1v) is 7.80. The molecule has 0 heterocycles. The van der Waals surface area contributed by atoms with Crippen molar-refractivity contribution < 1.29 is 9.59 Å². The normalized spacial score (nSPS) is 10.2. The van der Waals surface area contributed by atoms with Crippen molar-refractivity contribution in [3.63, 3.8) is 0 Å². The molecule has 1 N–H and O–H groups in total. The van der Waals surface area contributed by atoms with E-state index in [0.717, 1.165) is 11.1 Å². The van der Waals surface area contributed by atoms with Gasteiger partial charge in [0.2, 0.25) is 0 Å². The molecule has 2 aromatic rings. The molecule has 0 saturated heterocycles. The van der Waals surface area contributed by atoms with Gasteiger partial charge >= 0.3 is 11.8 Å². The average Bonchev–Trinajstić information content (AvgIpc) is 2.57. The molecule has 0 aliphatic rings. The minimum atomic E-state index is -0.659. The van der Waals surface area contributed by atoms with E-state index in [1.807, 2.05) is 37.3 Å². The third-order valence-electron chi connectivity index (χ3n) is 3.60. The highest BCUT2D eigenvalue weighted by atomic mass is 35.5. The van der Waals surface area contributed by atoms with Crippen molar-refractivity contribution in [1.82, 2.24) is 4.90 Å². The highest BCUT2D eigenvalue weighted by Crippen LogP contribution is 2.22. The molecule has 23 heavy (non-hydrogen) atoms. The maximum atomic E-state index is 12.4. The third kappa shape index (κ3) is 4.33. The van der Waals surface area contributed by atoms with Crippen LogP contribution in [0.5, 0.6) is 0 Å². The van der Waals surface area contributed by atoms with Gasteiger partial charge in [-0.2, -0.15) is 0 Å². The van der Waals surface area contributed by atoms with Crippen LogP contribution in [0.25, 0.3) is 0 Å². The first-order chi connectivity index (χ1) is 11.0. The second-order valence-corrected chi connectivity index (χ2v) is 5.58. The van der Waals surface area contributed by atoms with Crippen LogP contribution in [0, 0.1) is 6.92 Å². The fourth-order valence-corrected chi connectivity index (χ4v) is 2.37. The van der Waals surface area contributed by atoms with Crippen LogP contribution in [-0.4, -0.2) is 23.3 Å². The van der Waals surface area contributed by atoms with Crippen LogP contribution in [0.1, 0.15) is 18.1 Å². The Kier molecular flexibility index (Phi) is 5.77. The molecule has 0 fully saturated rings. The highest BCUT2D eigenvalue weighted by molar-refractivity contribution is 6.40. The Bertz CT molecular complexity index is 701. The number of nitrogens with one attached hydrogen (secondary N) is 1. The van der Waals surface area contributed by atoms with E-state index < -0.39 is 11.8 Å². The molecule has 0 atom stereocenters. The zero-order valence-corrected chi connectivity index (χ0v) is 13.9. The fraction of sp³-hybridized carbons (Fsp3) is 0.222. The number of rotatable bonds is 4. The fourth-order valence-electron chi connectivity index (χ4n) is 2.19. The van der Waals surface area contributed by atoms with Crippen molar-refractivity contribution in [1.29, 1.82) is 0 Å². The summed E-state index contributed by atoms with van der Waals surface area (Å²) < 4.78 is 0. The lowest BCUT2D eigenvalue weighted by Crippen LogP contribution is -2.39. The molecule has 0 saturated carbocycles. The van der Waals surface area contributed by atoms with Crippen molar-refractivity contribution in [2.75, 3.05) is 11.9 Å². The number of hydrogen-bond acceptors (Lipinski definition) is 2. The standard InChI is InChI=1S/C18H19ClN2O2/c1-3-21(12-14-8-5-4-6-9-14)18(23)17(22)20-16-11-7-10-15(19)13(16)2/h4-11H,3,12H2,1-2H3,(H,20,22). The number of anilines is 1. The summed E-state index contributed by atoms with van der Waals surface area (Å²) in [5, 5.41) is 3.18. The first kappa shape index (κ1) is 17.0. The van der Waals surface area contributed by atoms with Gasteiger partial charge in [0.25, 0.3) is 0 Å². The SMILES string of the molecule is CCN(Cc1ccccc1)C(=O)C(=O)Nc1cccc(Cl)c1C. The van der Waals surface area contributed by atoms with Crippen molar-refractivity contribution in [2.24, 2.45) is 0 Å². The molecule has 2 aromatic carbocycles. The van der Waals surface area contributed by atoms with Crippen molar-refractivity contribution in [3.8, 4) is 0 Å². The van der Waals surface area contributed by atoms with Crippen molar-refractivity contribution in [2.45, 2.75) is 20.4 Å². The minimum Gasteiger partial charge on any atom is -0.330 e. The molecule has 5 heteroatoms. The lowest BCUT2D eigenvalue weighted by atomic mass is 10.2. The van der Waals surface area contributed by atoms with E-state index in [4.69, 9.17) is 11.6 Å². The summed E-state index contributed by atoms with van der Waals surface area (Å²) in [5.41, 5.74) is 2.27. The summed E-state index contributed by atoms with van der Waals surface area (Å²) in [7, 11) is 0. The van der Waals surface area contributed by atoms with Crippen LogP contribution in [0.3, 0.4) is 0 Å². The quantitative estimate of drug-likeness (QED) is 0.870. The summed E-state index contributed by atoms with van der Waals surface area (Å²) in [6.07, 6.45) is 0. The third-order valence-corrected chi connectivity index (χ3v) is 4.00. The number of nitrogens with zero attached hydrogens (tertiary/aromatic N) is 1. The Morgan fingerprint density at radius 3 is 2.43 bits per heavy atom. The number of hydrogen-bond donors (Lipinski definition) is 1. The number of carbonyl (C=O) groups excluding carboxylic acids is 2. The molecule has 2 amide bonds. The maximum absolute atomic E-state index is 12.4. The largest absolute Gasteiger partial charge is 0.330 e. The van der Waals surface area contributed by atoms with Crippen LogP contribution >= 0.6 is 11.6 Å². The molecule has 0 aliphatic heterocycles. The van der Waals surface area contributed by atoms with Gasteiger partial charge in [-0.25, -0.2) is 0 Å². The van der Waals surface area contributed by atoms with Gasteiger partial charge in [0.15, 0.2) is 0 Å². The zero-order valence-electron chi connectivity index (χ0n) is 13.2. The van der Waals surface area contributed by atoms with E-state index in [0.29, 0.717) is 23.8 Å². The van der Waals surface area contributed by atoms with Crippen LogP contribution in [0.15, 0.2) is 48.5 Å². The van der Waals surface area contributed by atoms with Gasteiger partial charge in [-0.05, 0) is 37.1 Å². The summed E-state index contributed by atoms with van der Waals surface area (Å²) in [5.74, 6) is -1.22. The smallest absolute Gasteiger partial charge is 0.313 e. The number of halogens is 1. The van der Waals surface area contributed by atoms with Gasteiger partial charge in [-0.15, -0.1) is 0 Å². The lowest BCUT2D eigenvalue weighted by Gasteiger charge is -2.20. The van der Waals surface area contributed by atoms with E-state index in [1.165, 1.54) is 4.90 Å². The van der Waals surface area contributed by atoms with Crippen LogP contribution in [-0.2, 0) is 16.1 Å². The number of amides is 2. The van der Waals surface area contributed by atoms with E-state index in [2.05, 4.69) is 5.32 Å². The van der Waals surface area contributed by atoms with E-state index in [-0.39, 0.29) is 0 Å². The number of benzene rings is 2. The van der Waals surface area contributed by atoms with Crippen LogP contribution in [0.4, 0.5) is 5.69 Å². The molecule has 0 unspecified atom stereocenters. The molecule has 4 nitrogen and oxygen atoms in total. The molecule has 120 valence electrons. The number of likely N-dealkylation sites (N-methyl/N-ethyl adjacent to an activating group) is 1. The minimum absolute atomic E-state index is 0.401. The second-order valence-electron chi connectivity index (χ2n) is 5.17. The topological polar surface area (TPSA) is 49.4 Å². The second kappa shape index (κ2) is 7.79. The Morgan fingerprint density at radius 1 is 1.09 bits per heavy atom. The highest BCUT2D eigenvalue weighted by Gasteiger charge is 2.21.